The van der Waals surface area contributed by atoms with Crippen molar-refractivity contribution in [3.63, 3.8) is 0 Å². The number of hydrogen-bond donors (Lipinski definition) is 3. The zero-order valence-electron chi connectivity index (χ0n) is 20.0. The molecule has 2 amide bonds. The van der Waals surface area contributed by atoms with Crippen molar-refractivity contribution < 1.29 is 9.53 Å². The fourth-order valence-electron chi connectivity index (χ4n) is 3.62. The minimum Gasteiger partial charge on any atom is -0.457 e. The summed E-state index contributed by atoms with van der Waals surface area (Å²) in [4.78, 5) is 25.1. The van der Waals surface area contributed by atoms with E-state index in [0.29, 0.717) is 17.3 Å². The molecule has 0 aliphatic carbocycles. The van der Waals surface area contributed by atoms with Gasteiger partial charge in [0, 0.05) is 47.1 Å². The maximum atomic E-state index is 12.1. The Morgan fingerprint density at radius 3 is 2.67 bits per heavy atom. The molecule has 3 aromatic heterocycles. The van der Waals surface area contributed by atoms with Crippen LogP contribution < -0.4 is 20.8 Å². The van der Waals surface area contributed by atoms with Gasteiger partial charge in [0.25, 0.3) is 0 Å². The number of carbonyl (C=O) groups excluding carboxylic acids is 1. The van der Waals surface area contributed by atoms with Crippen LogP contribution in [0, 0.1) is 6.92 Å². The molecule has 0 fully saturated rings. The minimum absolute atomic E-state index is 0.431. The van der Waals surface area contributed by atoms with Crippen LogP contribution in [0.5, 0.6) is 11.5 Å². The van der Waals surface area contributed by atoms with Gasteiger partial charge < -0.3 is 19.8 Å². The number of aromatic nitrogens is 4. The van der Waals surface area contributed by atoms with Crippen LogP contribution in [0.25, 0.3) is 16.6 Å². The van der Waals surface area contributed by atoms with Crippen molar-refractivity contribution in [2.24, 2.45) is 5.10 Å². The number of nitrogens with one attached hydrogen (secondary N) is 3. The Morgan fingerprint density at radius 1 is 0.972 bits per heavy atom. The summed E-state index contributed by atoms with van der Waals surface area (Å²) in [7, 11) is 0. The van der Waals surface area contributed by atoms with E-state index in [4.69, 9.17) is 4.74 Å². The average molecular weight is 481 g/mol. The van der Waals surface area contributed by atoms with Crippen molar-refractivity contribution in [1.29, 1.82) is 0 Å². The first-order valence-corrected chi connectivity index (χ1v) is 11.3. The molecule has 10 heteroatoms. The lowest BCUT2D eigenvalue weighted by atomic mass is 10.1. The van der Waals surface area contributed by atoms with E-state index < -0.39 is 6.03 Å². The number of ether oxygens (including phenoxy) is 1. The lowest BCUT2D eigenvalue weighted by Gasteiger charge is -2.13. The third-order valence-electron chi connectivity index (χ3n) is 5.31. The maximum absolute atomic E-state index is 12.1. The van der Waals surface area contributed by atoms with Crippen molar-refractivity contribution >= 4 is 45.5 Å². The molecular formula is C26H24N8O2. The van der Waals surface area contributed by atoms with Gasteiger partial charge in [-0.2, -0.15) is 5.10 Å². The quantitative estimate of drug-likeness (QED) is 0.214. The Balaban J connectivity index is 1.35. The Morgan fingerprint density at radius 2 is 1.83 bits per heavy atom. The normalized spacial score (nSPS) is 10.8. The molecule has 0 atom stereocenters. The molecular weight excluding hydrogens is 456 g/mol. The average Bonchev–Trinajstić information content (AvgIpc) is 3.33. The van der Waals surface area contributed by atoms with Crippen molar-refractivity contribution in [1.82, 2.24) is 24.8 Å². The summed E-state index contributed by atoms with van der Waals surface area (Å²) in [5.41, 5.74) is 7.13. The standard InChI is InChI=1S/C26H24N8O2/c1-16(2)32-33-26(35)31-19-4-6-22-21(13-19)25(29-15-28-22)30-18-5-7-23(17(3)12-18)36-20-8-10-34-11-9-27-24(34)14-20/h4-15H,1-3H3,(H,28,29,30)(H2,31,33,35). The predicted octanol–water partition coefficient (Wildman–Crippen LogP) is 5.64. The molecule has 0 bridgehead atoms. The second-order valence-corrected chi connectivity index (χ2v) is 8.34. The van der Waals surface area contributed by atoms with Gasteiger partial charge in [0.15, 0.2) is 0 Å². The molecule has 5 aromatic rings. The Kier molecular flexibility index (Phi) is 6.14. The van der Waals surface area contributed by atoms with Crippen molar-refractivity contribution in [2.45, 2.75) is 20.8 Å². The summed E-state index contributed by atoms with van der Waals surface area (Å²) in [6.07, 6.45) is 7.04. The lowest BCUT2D eigenvalue weighted by molar-refractivity contribution is 0.252. The Labute approximate surface area is 207 Å². The van der Waals surface area contributed by atoms with E-state index in [9.17, 15) is 4.79 Å². The van der Waals surface area contributed by atoms with Gasteiger partial charge in [-0.15, -0.1) is 0 Å². The highest BCUT2D eigenvalue weighted by Crippen LogP contribution is 2.30. The van der Waals surface area contributed by atoms with Crippen LogP contribution in [0.1, 0.15) is 19.4 Å². The second-order valence-electron chi connectivity index (χ2n) is 8.34. The fraction of sp³-hybridized carbons (Fsp3) is 0.115. The highest BCUT2D eigenvalue weighted by atomic mass is 16.5. The van der Waals surface area contributed by atoms with Crippen molar-refractivity contribution in [3.05, 3.63) is 79.0 Å². The molecule has 180 valence electrons. The van der Waals surface area contributed by atoms with Gasteiger partial charge in [0.1, 0.15) is 29.3 Å². The zero-order valence-corrected chi connectivity index (χ0v) is 20.0. The van der Waals surface area contributed by atoms with Gasteiger partial charge in [-0.05, 0) is 68.8 Å². The number of benzene rings is 2. The third kappa shape index (κ3) is 5.07. The lowest BCUT2D eigenvalue weighted by Crippen LogP contribution is -2.24. The molecule has 0 aliphatic rings. The third-order valence-corrected chi connectivity index (χ3v) is 5.31. The molecule has 10 nitrogen and oxygen atoms in total. The SMILES string of the molecule is CC(C)=NNC(=O)Nc1ccc2ncnc(Nc3ccc(Oc4ccn5ccnc5c4)c(C)c3)c2c1. The Bertz CT molecular complexity index is 1600. The molecule has 3 heterocycles. The number of fused-ring (bicyclic) bond motifs is 2. The summed E-state index contributed by atoms with van der Waals surface area (Å²) in [6, 6.07) is 14.6. The first-order chi connectivity index (χ1) is 17.4. The highest BCUT2D eigenvalue weighted by Gasteiger charge is 2.09. The van der Waals surface area contributed by atoms with Crippen molar-refractivity contribution in [3.8, 4) is 11.5 Å². The van der Waals surface area contributed by atoms with Crippen LogP contribution in [0.3, 0.4) is 0 Å². The monoisotopic (exact) mass is 480 g/mol. The van der Waals surface area contributed by atoms with E-state index in [-0.39, 0.29) is 0 Å². The van der Waals surface area contributed by atoms with Gasteiger partial charge in [-0.3, -0.25) is 0 Å². The molecule has 3 N–H and O–H groups in total. The van der Waals surface area contributed by atoms with Crippen LogP contribution in [0.15, 0.2) is 78.6 Å². The number of aryl methyl sites for hydroxylation is 1. The fourth-order valence-corrected chi connectivity index (χ4v) is 3.62. The highest BCUT2D eigenvalue weighted by molar-refractivity contribution is 5.97. The number of amides is 2. The molecule has 0 radical (unpaired) electrons. The van der Waals surface area contributed by atoms with Crippen LogP contribution in [0.4, 0.5) is 22.0 Å². The molecule has 0 saturated heterocycles. The molecule has 5 rings (SSSR count). The number of anilines is 3. The van der Waals surface area contributed by atoms with Gasteiger partial charge in [0.2, 0.25) is 0 Å². The summed E-state index contributed by atoms with van der Waals surface area (Å²) in [5.74, 6) is 2.07. The molecule has 0 unspecified atom stereocenters. The molecule has 0 spiro atoms. The number of urea groups is 1. The molecule has 0 saturated carbocycles. The number of hydrazone groups is 1. The number of hydrogen-bond acceptors (Lipinski definition) is 7. The van der Waals surface area contributed by atoms with E-state index in [2.05, 4.69) is 36.1 Å². The minimum atomic E-state index is -0.431. The predicted molar refractivity (Wildman–Crippen MR) is 140 cm³/mol. The van der Waals surface area contributed by atoms with E-state index in [1.807, 2.05) is 66.2 Å². The summed E-state index contributed by atoms with van der Waals surface area (Å²) < 4.78 is 8.01. The summed E-state index contributed by atoms with van der Waals surface area (Å²) in [5, 5.41) is 10.8. The van der Waals surface area contributed by atoms with Gasteiger partial charge in [-0.1, -0.05) is 0 Å². The zero-order chi connectivity index (χ0) is 25.1. The number of imidazole rings is 1. The van der Waals surface area contributed by atoms with Crippen molar-refractivity contribution in [2.75, 3.05) is 10.6 Å². The number of carbonyl (C=O) groups is 1. The molecule has 2 aromatic carbocycles. The second kappa shape index (κ2) is 9.71. The topological polar surface area (TPSA) is 118 Å². The van der Waals surface area contributed by atoms with E-state index in [0.717, 1.165) is 39.3 Å². The van der Waals surface area contributed by atoms with Crippen LogP contribution in [-0.4, -0.2) is 31.1 Å². The molecule has 36 heavy (non-hydrogen) atoms. The Hall–Kier alpha value is -4.99. The smallest absolute Gasteiger partial charge is 0.339 e. The number of nitrogens with zero attached hydrogens (tertiary/aromatic N) is 5. The number of rotatable bonds is 6. The van der Waals surface area contributed by atoms with Crippen LogP contribution in [0.2, 0.25) is 0 Å². The van der Waals surface area contributed by atoms with E-state index in [1.165, 1.54) is 6.33 Å². The summed E-state index contributed by atoms with van der Waals surface area (Å²) in [6.45, 7) is 5.58. The maximum Gasteiger partial charge on any atom is 0.339 e. The van der Waals surface area contributed by atoms with E-state index >= 15 is 0 Å². The van der Waals surface area contributed by atoms with Crippen LogP contribution in [-0.2, 0) is 0 Å². The van der Waals surface area contributed by atoms with Gasteiger partial charge >= 0.3 is 6.03 Å². The summed E-state index contributed by atoms with van der Waals surface area (Å²) >= 11 is 0. The molecule has 0 aliphatic heterocycles. The van der Waals surface area contributed by atoms with Crippen LogP contribution >= 0.6 is 0 Å². The van der Waals surface area contributed by atoms with Gasteiger partial charge in [0.05, 0.1) is 5.52 Å². The largest absolute Gasteiger partial charge is 0.457 e. The number of pyridine rings is 1. The first kappa shape index (κ1) is 22.8. The first-order valence-electron chi connectivity index (χ1n) is 11.3. The van der Waals surface area contributed by atoms with E-state index in [1.54, 1.807) is 26.1 Å². The van der Waals surface area contributed by atoms with Gasteiger partial charge in [-0.25, -0.2) is 25.2 Å².